The Morgan fingerprint density at radius 1 is 1.32 bits per heavy atom. The van der Waals surface area contributed by atoms with E-state index in [-0.39, 0.29) is 18.3 Å². The third kappa shape index (κ3) is 3.48. The van der Waals surface area contributed by atoms with E-state index >= 15 is 0 Å². The maximum Gasteiger partial charge on any atom is 0.253 e. The largest absolute Gasteiger partial charge is 0.337 e. The van der Waals surface area contributed by atoms with Crippen LogP contribution in [0.15, 0.2) is 42.7 Å². The summed E-state index contributed by atoms with van der Waals surface area (Å²) in [6.45, 7) is 1.63. The van der Waals surface area contributed by atoms with Gasteiger partial charge in [-0.15, -0.1) is 12.4 Å². The highest BCUT2D eigenvalue weighted by Gasteiger charge is 2.23. The fraction of sp³-hybridized carbons (Fsp3) is 0.375. The van der Waals surface area contributed by atoms with E-state index in [2.05, 4.69) is 10.4 Å². The van der Waals surface area contributed by atoms with Crippen LogP contribution in [0.1, 0.15) is 23.2 Å². The van der Waals surface area contributed by atoms with Gasteiger partial charge in [0.05, 0.1) is 5.69 Å². The number of carbonyl (C=O) groups excluding carboxylic acids is 1. The second-order valence-corrected chi connectivity index (χ2v) is 5.38. The Labute approximate surface area is 136 Å². The highest BCUT2D eigenvalue weighted by Crippen LogP contribution is 2.15. The molecule has 2 heterocycles. The number of carbonyl (C=O) groups is 1. The molecule has 1 aromatic heterocycles. The summed E-state index contributed by atoms with van der Waals surface area (Å²) in [5.74, 6) is 0.113. The summed E-state index contributed by atoms with van der Waals surface area (Å²) in [5.41, 5.74) is 1.70. The second kappa shape index (κ2) is 7.42. The smallest absolute Gasteiger partial charge is 0.253 e. The molecule has 0 bridgehead atoms. The van der Waals surface area contributed by atoms with Gasteiger partial charge in [0.1, 0.15) is 0 Å². The summed E-state index contributed by atoms with van der Waals surface area (Å²) in [4.78, 5) is 14.5. The molecule has 6 heteroatoms. The van der Waals surface area contributed by atoms with Crippen molar-refractivity contribution in [3.63, 3.8) is 0 Å². The van der Waals surface area contributed by atoms with E-state index in [0.717, 1.165) is 37.2 Å². The number of likely N-dealkylation sites (N-methyl/N-ethyl adjacent to an activating group) is 1. The number of rotatable bonds is 3. The van der Waals surface area contributed by atoms with Crippen LogP contribution in [0.3, 0.4) is 0 Å². The minimum atomic E-state index is 0. The first-order valence-electron chi connectivity index (χ1n) is 7.34. The van der Waals surface area contributed by atoms with Crippen molar-refractivity contribution in [2.45, 2.75) is 18.9 Å². The number of nitrogens with zero attached hydrogens (tertiary/aromatic N) is 3. The number of piperidine rings is 1. The molecule has 5 nitrogen and oxygen atoms in total. The van der Waals surface area contributed by atoms with Gasteiger partial charge >= 0.3 is 0 Å². The van der Waals surface area contributed by atoms with E-state index in [4.69, 9.17) is 0 Å². The molecule has 2 aromatic rings. The van der Waals surface area contributed by atoms with Gasteiger partial charge in [-0.3, -0.25) is 4.79 Å². The summed E-state index contributed by atoms with van der Waals surface area (Å²) < 4.78 is 1.78. The molecule has 1 saturated heterocycles. The van der Waals surface area contributed by atoms with Gasteiger partial charge in [-0.25, -0.2) is 4.68 Å². The van der Waals surface area contributed by atoms with Crippen molar-refractivity contribution in [3.8, 4) is 5.69 Å². The van der Waals surface area contributed by atoms with Gasteiger partial charge in [-0.2, -0.15) is 5.10 Å². The Hall–Kier alpha value is -1.85. The van der Waals surface area contributed by atoms with E-state index in [1.54, 1.807) is 10.9 Å². The monoisotopic (exact) mass is 320 g/mol. The molecule has 22 heavy (non-hydrogen) atoms. The van der Waals surface area contributed by atoms with Crippen LogP contribution < -0.4 is 5.32 Å². The predicted molar refractivity (Wildman–Crippen MR) is 88.8 cm³/mol. The summed E-state index contributed by atoms with van der Waals surface area (Å²) in [7, 11) is 1.96. The fourth-order valence-corrected chi connectivity index (χ4v) is 2.76. The number of benzene rings is 1. The standard InChI is InChI=1S/C16H20N4O.ClH/c1-17-14-4-2-10-19(12-14)16(21)13-5-7-15(8-6-13)20-11-3-9-18-20;/h3,5-9,11,14,17H,2,4,10,12H2,1H3;1H. The molecule has 3 rings (SSSR count). The number of hydrogen-bond acceptors (Lipinski definition) is 3. The maximum atomic E-state index is 12.5. The maximum absolute atomic E-state index is 12.5. The van der Waals surface area contributed by atoms with Gasteiger partial charge in [0, 0.05) is 37.1 Å². The number of likely N-dealkylation sites (tertiary alicyclic amines) is 1. The average Bonchev–Trinajstić information content (AvgIpc) is 3.09. The normalized spacial score (nSPS) is 17.9. The second-order valence-electron chi connectivity index (χ2n) is 5.38. The highest BCUT2D eigenvalue weighted by atomic mass is 35.5. The molecule has 1 aromatic carbocycles. The molecule has 1 N–H and O–H groups in total. The highest BCUT2D eigenvalue weighted by molar-refractivity contribution is 5.94. The quantitative estimate of drug-likeness (QED) is 0.942. The van der Waals surface area contributed by atoms with Crippen LogP contribution in [0.5, 0.6) is 0 Å². The SMILES string of the molecule is CNC1CCCN(C(=O)c2ccc(-n3cccn3)cc2)C1.Cl. The summed E-state index contributed by atoms with van der Waals surface area (Å²) in [5, 5.41) is 7.45. The third-order valence-electron chi connectivity index (χ3n) is 4.00. The van der Waals surface area contributed by atoms with E-state index in [1.165, 1.54) is 0 Å². The Morgan fingerprint density at radius 3 is 2.73 bits per heavy atom. The zero-order valence-corrected chi connectivity index (χ0v) is 13.4. The zero-order chi connectivity index (χ0) is 14.7. The van der Waals surface area contributed by atoms with Gasteiger partial charge in [0.15, 0.2) is 0 Å². The van der Waals surface area contributed by atoms with Crippen LogP contribution in [0.4, 0.5) is 0 Å². The van der Waals surface area contributed by atoms with Gasteiger partial charge in [-0.1, -0.05) is 0 Å². The Kier molecular flexibility index (Phi) is 5.57. The zero-order valence-electron chi connectivity index (χ0n) is 12.6. The van der Waals surface area contributed by atoms with E-state index in [0.29, 0.717) is 6.04 Å². The Balaban J connectivity index is 0.00000176. The minimum absolute atomic E-state index is 0. The first-order chi connectivity index (χ1) is 10.3. The Bertz CT molecular complexity index is 597. The van der Waals surface area contributed by atoms with Gasteiger partial charge < -0.3 is 10.2 Å². The molecular formula is C16H21ClN4O. The number of nitrogens with one attached hydrogen (secondary N) is 1. The molecule has 0 spiro atoms. The van der Waals surface area contributed by atoms with Crippen LogP contribution in [-0.4, -0.2) is 46.8 Å². The van der Waals surface area contributed by atoms with E-state index in [1.807, 2.05) is 48.5 Å². The number of amides is 1. The lowest BCUT2D eigenvalue weighted by Crippen LogP contribution is -2.46. The van der Waals surface area contributed by atoms with Crippen LogP contribution in [0, 0.1) is 0 Å². The van der Waals surface area contributed by atoms with Crippen LogP contribution >= 0.6 is 12.4 Å². The van der Waals surface area contributed by atoms with E-state index in [9.17, 15) is 4.79 Å². The van der Waals surface area contributed by atoms with Crippen molar-refractivity contribution < 1.29 is 4.79 Å². The number of halogens is 1. The van der Waals surface area contributed by atoms with Gasteiger partial charge in [0.2, 0.25) is 0 Å². The molecule has 1 aliphatic rings. The van der Waals surface area contributed by atoms with E-state index < -0.39 is 0 Å². The summed E-state index contributed by atoms with van der Waals surface area (Å²) in [6, 6.07) is 9.90. The summed E-state index contributed by atoms with van der Waals surface area (Å²) in [6.07, 6.45) is 5.82. The fourth-order valence-electron chi connectivity index (χ4n) is 2.76. The molecule has 1 fully saturated rings. The molecule has 1 unspecified atom stereocenters. The third-order valence-corrected chi connectivity index (χ3v) is 4.00. The van der Waals surface area contributed by atoms with Crippen LogP contribution in [-0.2, 0) is 0 Å². The number of aromatic nitrogens is 2. The van der Waals surface area contributed by atoms with Gasteiger partial charge in [-0.05, 0) is 50.2 Å². The first-order valence-corrected chi connectivity index (χ1v) is 7.34. The molecule has 118 valence electrons. The van der Waals surface area contributed by atoms with Crippen molar-refractivity contribution in [2.75, 3.05) is 20.1 Å². The molecule has 1 aliphatic heterocycles. The molecule has 1 amide bonds. The van der Waals surface area contributed by atoms with Crippen molar-refractivity contribution >= 4 is 18.3 Å². The molecule has 0 radical (unpaired) electrons. The van der Waals surface area contributed by atoms with Crippen molar-refractivity contribution in [1.82, 2.24) is 20.0 Å². The summed E-state index contributed by atoms with van der Waals surface area (Å²) >= 11 is 0. The molecular weight excluding hydrogens is 300 g/mol. The van der Waals surface area contributed by atoms with Crippen LogP contribution in [0.25, 0.3) is 5.69 Å². The van der Waals surface area contributed by atoms with Crippen LogP contribution in [0.2, 0.25) is 0 Å². The van der Waals surface area contributed by atoms with Crippen molar-refractivity contribution in [2.24, 2.45) is 0 Å². The lowest BCUT2D eigenvalue weighted by molar-refractivity contribution is 0.0698. The molecule has 0 aliphatic carbocycles. The van der Waals surface area contributed by atoms with Gasteiger partial charge in [0.25, 0.3) is 5.91 Å². The topological polar surface area (TPSA) is 50.2 Å². The first kappa shape index (κ1) is 16.5. The Morgan fingerprint density at radius 2 is 2.09 bits per heavy atom. The van der Waals surface area contributed by atoms with Crippen molar-refractivity contribution in [3.05, 3.63) is 48.3 Å². The lowest BCUT2D eigenvalue weighted by Gasteiger charge is -2.32. The van der Waals surface area contributed by atoms with Crippen molar-refractivity contribution in [1.29, 1.82) is 0 Å². The minimum Gasteiger partial charge on any atom is -0.337 e. The lowest BCUT2D eigenvalue weighted by atomic mass is 10.0. The predicted octanol–water partition coefficient (Wildman–Crippen LogP) is 2.12. The molecule has 1 atom stereocenters. The number of hydrogen-bond donors (Lipinski definition) is 1. The molecule has 0 saturated carbocycles. The average molecular weight is 321 g/mol.